The van der Waals surface area contributed by atoms with Crippen LogP contribution in [-0.4, -0.2) is 20.8 Å². The minimum atomic E-state index is -0.114. The fraction of sp³-hybridized carbons (Fsp3) is 0.312. The standard InChI is InChI=1S/C16H16N4O2/c21-16(9-13-12-3-1-2-4-14(12)22-19-13)18-15-7-8-17-20(15)10-11-5-6-11/h1-4,7-8,11H,5-6,9-10H2,(H,18,21). The Labute approximate surface area is 127 Å². The molecular formula is C16H16N4O2. The number of anilines is 1. The van der Waals surface area contributed by atoms with Crippen LogP contribution in [0.2, 0.25) is 0 Å². The Balaban J connectivity index is 1.47. The summed E-state index contributed by atoms with van der Waals surface area (Å²) >= 11 is 0. The first kappa shape index (κ1) is 13.1. The van der Waals surface area contributed by atoms with Gasteiger partial charge >= 0.3 is 0 Å². The maximum Gasteiger partial charge on any atom is 0.231 e. The lowest BCUT2D eigenvalue weighted by molar-refractivity contribution is -0.115. The number of benzene rings is 1. The largest absolute Gasteiger partial charge is 0.356 e. The summed E-state index contributed by atoms with van der Waals surface area (Å²) < 4.78 is 7.08. The third-order valence-corrected chi connectivity index (χ3v) is 3.89. The average molecular weight is 296 g/mol. The molecule has 0 spiro atoms. The highest BCUT2D eigenvalue weighted by molar-refractivity contribution is 5.94. The molecule has 1 saturated carbocycles. The van der Waals surface area contributed by atoms with Crippen LogP contribution >= 0.6 is 0 Å². The van der Waals surface area contributed by atoms with Gasteiger partial charge in [-0.15, -0.1) is 0 Å². The van der Waals surface area contributed by atoms with E-state index in [0.29, 0.717) is 17.2 Å². The second kappa shape index (κ2) is 5.29. The summed E-state index contributed by atoms with van der Waals surface area (Å²) in [6.07, 6.45) is 4.39. The lowest BCUT2D eigenvalue weighted by Crippen LogP contribution is -2.18. The van der Waals surface area contributed by atoms with Crippen LogP contribution < -0.4 is 5.32 Å². The number of nitrogens with zero attached hydrogens (tertiary/aromatic N) is 3. The zero-order valence-electron chi connectivity index (χ0n) is 12.0. The molecule has 3 aromatic rings. The monoisotopic (exact) mass is 296 g/mol. The number of carbonyl (C=O) groups excluding carboxylic acids is 1. The molecule has 1 aromatic carbocycles. The lowest BCUT2D eigenvalue weighted by atomic mass is 10.1. The molecule has 0 saturated heterocycles. The second-order valence-electron chi connectivity index (χ2n) is 5.69. The molecule has 1 N–H and O–H groups in total. The van der Waals surface area contributed by atoms with Gasteiger partial charge in [-0.2, -0.15) is 5.10 Å². The number of hydrogen-bond acceptors (Lipinski definition) is 4. The Morgan fingerprint density at radius 3 is 3.05 bits per heavy atom. The van der Waals surface area contributed by atoms with Gasteiger partial charge in [0.15, 0.2) is 5.58 Å². The van der Waals surface area contributed by atoms with E-state index in [1.165, 1.54) is 12.8 Å². The molecule has 0 aliphatic heterocycles. The van der Waals surface area contributed by atoms with Crippen molar-refractivity contribution < 1.29 is 9.32 Å². The summed E-state index contributed by atoms with van der Waals surface area (Å²) in [5.41, 5.74) is 1.35. The number of hydrogen-bond donors (Lipinski definition) is 1. The summed E-state index contributed by atoms with van der Waals surface area (Å²) in [5, 5.41) is 12.0. The van der Waals surface area contributed by atoms with Crippen molar-refractivity contribution in [2.24, 2.45) is 5.92 Å². The van der Waals surface area contributed by atoms with Crippen molar-refractivity contribution in [1.82, 2.24) is 14.9 Å². The first-order valence-corrected chi connectivity index (χ1v) is 7.44. The van der Waals surface area contributed by atoms with E-state index >= 15 is 0 Å². The fourth-order valence-electron chi connectivity index (χ4n) is 2.53. The maximum absolute atomic E-state index is 12.2. The topological polar surface area (TPSA) is 73.0 Å². The van der Waals surface area contributed by atoms with E-state index in [-0.39, 0.29) is 12.3 Å². The molecule has 1 fully saturated rings. The van der Waals surface area contributed by atoms with Crippen LogP contribution in [0.3, 0.4) is 0 Å². The number of aromatic nitrogens is 3. The second-order valence-corrected chi connectivity index (χ2v) is 5.69. The molecule has 2 aromatic heterocycles. The Hall–Kier alpha value is -2.63. The minimum absolute atomic E-state index is 0.114. The Morgan fingerprint density at radius 2 is 2.18 bits per heavy atom. The van der Waals surface area contributed by atoms with Gasteiger partial charge in [0, 0.05) is 18.0 Å². The predicted molar refractivity (Wildman–Crippen MR) is 81.3 cm³/mol. The lowest BCUT2D eigenvalue weighted by Gasteiger charge is -2.07. The molecule has 1 aliphatic rings. The molecule has 1 amide bonds. The van der Waals surface area contributed by atoms with E-state index in [1.54, 1.807) is 6.20 Å². The molecule has 0 unspecified atom stereocenters. The average Bonchev–Trinajstić information content (AvgIpc) is 3.10. The van der Waals surface area contributed by atoms with Gasteiger partial charge < -0.3 is 9.84 Å². The number of amides is 1. The van der Waals surface area contributed by atoms with Gasteiger partial charge in [0.25, 0.3) is 0 Å². The van der Waals surface area contributed by atoms with Crippen molar-refractivity contribution in [2.75, 3.05) is 5.32 Å². The zero-order valence-corrected chi connectivity index (χ0v) is 12.0. The fourth-order valence-corrected chi connectivity index (χ4v) is 2.53. The van der Waals surface area contributed by atoms with E-state index in [0.717, 1.165) is 17.7 Å². The van der Waals surface area contributed by atoms with Gasteiger partial charge in [-0.1, -0.05) is 17.3 Å². The first-order valence-electron chi connectivity index (χ1n) is 7.44. The van der Waals surface area contributed by atoms with E-state index in [9.17, 15) is 4.79 Å². The Morgan fingerprint density at radius 1 is 1.32 bits per heavy atom. The Bertz CT molecular complexity index is 816. The molecule has 0 atom stereocenters. The van der Waals surface area contributed by atoms with Gasteiger partial charge in [0.1, 0.15) is 11.5 Å². The van der Waals surface area contributed by atoms with Crippen LogP contribution in [0.1, 0.15) is 18.5 Å². The normalized spacial score (nSPS) is 14.4. The molecule has 0 radical (unpaired) electrons. The minimum Gasteiger partial charge on any atom is -0.356 e. The summed E-state index contributed by atoms with van der Waals surface area (Å²) in [4.78, 5) is 12.2. The van der Waals surface area contributed by atoms with Crippen LogP contribution in [0.15, 0.2) is 41.1 Å². The molecule has 6 heteroatoms. The SMILES string of the molecule is O=C(Cc1noc2ccccc12)Nc1ccnn1CC1CC1. The van der Waals surface area contributed by atoms with Crippen LogP contribution in [0.4, 0.5) is 5.82 Å². The Kier molecular flexibility index (Phi) is 3.14. The van der Waals surface area contributed by atoms with Crippen molar-refractivity contribution in [1.29, 1.82) is 0 Å². The van der Waals surface area contributed by atoms with Gasteiger partial charge in [-0.05, 0) is 30.9 Å². The molecule has 6 nitrogen and oxygen atoms in total. The molecule has 1 aliphatic carbocycles. The first-order chi connectivity index (χ1) is 10.8. The van der Waals surface area contributed by atoms with Crippen LogP contribution in [0.5, 0.6) is 0 Å². The number of fused-ring (bicyclic) bond motifs is 1. The van der Waals surface area contributed by atoms with Crippen LogP contribution in [0.25, 0.3) is 11.0 Å². The number of para-hydroxylation sites is 1. The van der Waals surface area contributed by atoms with Crippen molar-refractivity contribution in [3.63, 3.8) is 0 Å². The third-order valence-electron chi connectivity index (χ3n) is 3.89. The van der Waals surface area contributed by atoms with Gasteiger partial charge in [0.05, 0.1) is 12.6 Å². The van der Waals surface area contributed by atoms with Crippen LogP contribution in [-0.2, 0) is 17.8 Å². The molecule has 2 heterocycles. The zero-order chi connectivity index (χ0) is 14.9. The summed E-state index contributed by atoms with van der Waals surface area (Å²) in [6.45, 7) is 0.871. The highest BCUT2D eigenvalue weighted by Gasteiger charge is 2.23. The van der Waals surface area contributed by atoms with Gasteiger partial charge in [-0.3, -0.25) is 4.79 Å². The highest BCUT2D eigenvalue weighted by Crippen LogP contribution is 2.31. The number of rotatable bonds is 5. The van der Waals surface area contributed by atoms with Crippen molar-refractivity contribution in [2.45, 2.75) is 25.8 Å². The summed E-state index contributed by atoms with van der Waals surface area (Å²) in [5.74, 6) is 1.33. The third kappa shape index (κ3) is 2.59. The van der Waals surface area contributed by atoms with Crippen molar-refractivity contribution >= 4 is 22.7 Å². The summed E-state index contributed by atoms with van der Waals surface area (Å²) in [7, 11) is 0. The maximum atomic E-state index is 12.2. The molecule has 0 bridgehead atoms. The van der Waals surface area contributed by atoms with E-state index in [2.05, 4.69) is 15.6 Å². The summed E-state index contributed by atoms with van der Waals surface area (Å²) in [6, 6.07) is 9.36. The number of nitrogens with one attached hydrogen (secondary N) is 1. The molecule has 4 rings (SSSR count). The predicted octanol–water partition coefficient (Wildman–Crippen LogP) is 2.62. The number of carbonyl (C=O) groups is 1. The van der Waals surface area contributed by atoms with E-state index < -0.39 is 0 Å². The molecular weight excluding hydrogens is 280 g/mol. The molecule has 112 valence electrons. The van der Waals surface area contributed by atoms with Gasteiger partial charge in [-0.25, -0.2) is 4.68 Å². The van der Waals surface area contributed by atoms with E-state index in [4.69, 9.17) is 4.52 Å². The van der Waals surface area contributed by atoms with Crippen molar-refractivity contribution in [3.05, 3.63) is 42.2 Å². The molecule has 22 heavy (non-hydrogen) atoms. The van der Waals surface area contributed by atoms with E-state index in [1.807, 2.05) is 35.0 Å². The quantitative estimate of drug-likeness (QED) is 0.785. The van der Waals surface area contributed by atoms with Gasteiger partial charge in [0.2, 0.25) is 5.91 Å². The highest BCUT2D eigenvalue weighted by atomic mass is 16.5. The van der Waals surface area contributed by atoms with Crippen molar-refractivity contribution in [3.8, 4) is 0 Å². The smallest absolute Gasteiger partial charge is 0.231 e. The van der Waals surface area contributed by atoms with Crippen LogP contribution in [0, 0.1) is 5.92 Å².